The van der Waals surface area contributed by atoms with Gasteiger partial charge in [0.25, 0.3) is 11.6 Å². The van der Waals surface area contributed by atoms with Gasteiger partial charge in [-0.3, -0.25) is 14.9 Å². The van der Waals surface area contributed by atoms with Crippen LogP contribution in [0.4, 0.5) is 11.4 Å². The maximum Gasteiger partial charge on any atom is 0.293 e. The first kappa shape index (κ1) is 13.3. The summed E-state index contributed by atoms with van der Waals surface area (Å²) in [5.41, 5.74) is 0.549. The predicted octanol–water partition coefficient (Wildman–Crippen LogP) is 2.12. The Hall–Kier alpha value is -2.11. The number of hydrogen-bond donors (Lipinski definition) is 1. The van der Waals surface area contributed by atoms with E-state index in [1.165, 1.54) is 12.1 Å². The van der Waals surface area contributed by atoms with E-state index in [1.54, 1.807) is 25.1 Å². The molecule has 0 spiro atoms. The molecule has 6 heteroatoms. The van der Waals surface area contributed by atoms with Crippen molar-refractivity contribution in [3.05, 3.63) is 33.9 Å². The van der Waals surface area contributed by atoms with Gasteiger partial charge in [-0.2, -0.15) is 0 Å². The third kappa shape index (κ3) is 2.83. The fourth-order valence-corrected chi connectivity index (χ4v) is 2.11. The number of nitrogens with zero attached hydrogens (tertiary/aromatic N) is 2. The first-order chi connectivity index (χ1) is 9.04. The zero-order valence-electron chi connectivity index (χ0n) is 11.0. The molecular formula is C13H17N3O3. The number of carbonyl (C=O) groups is 1. The van der Waals surface area contributed by atoms with Gasteiger partial charge in [0.05, 0.1) is 10.5 Å². The second kappa shape index (κ2) is 5.26. The molecule has 2 rings (SSSR count). The number of benzene rings is 1. The molecule has 0 heterocycles. The molecule has 0 unspecified atom stereocenters. The topological polar surface area (TPSA) is 75.5 Å². The molecule has 19 heavy (non-hydrogen) atoms. The van der Waals surface area contributed by atoms with Crippen LogP contribution in [0.15, 0.2) is 18.2 Å². The van der Waals surface area contributed by atoms with Gasteiger partial charge in [0.15, 0.2) is 0 Å². The maximum atomic E-state index is 12.3. The van der Waals surface area contributed by atoms with E-state index >= 15 is 0 Å². The lowest BCUT2D eigenvalue weighted by molar-refractivity contribution is -0.384. The van der Waals surface area contributed by atoms with E-state index in [-0.39, 0.29) is 17.3 Å². The van der Waals surface area contributed by atoms with E-state index in [1.807, 2.05) is 0 Å². The molecule has 0 aliphatic heterocycles. The van der Waals surface area contributed by atoms with Crippen molar-refractivity contribution < 1.29 is 9.72 Å². The number of anilines is 1. The summed E-state index contributed by atoms with van der Waals surface area (Å²) in [5, 5.41) is 13.7. The Morgan fingerprint density at radius 3 is 2.74 bits per heavy atom. The molecule has 0 aromatic heterocycles. The number of para-hydroxylation sites is 1. The van der Waals surface area contributed by atoms with Crippen molar-refractivity contribution in [1.29, 1.82) is 0 Å². The number of nitrogens with one attached hydrogen (secondary N) is 1. The fourth-order valence-electron chi connectivity index (χ4n) is 2.11. The number of hydrogen-bond acceptors (Lipinski definition) is 4. The zero-order chi connectivity index (χ0) is 14.0. The molecule has 1 N–H and O–H groups in total. The first-order valence-corrected chi connectivity index (χ1v) is 6.25. The highest BCUT2D eigenvalue weighted by atomic mass is 16.6. The molecule has 102 valence electrons. The molecule has 0 radical (unpaired) electrons. The quantitative estimate of drug-likeness (QED) is 0.652. The summed E-state index contributed by atoms with van der Waals surface area (Å²) in [7, 11) is 3.32. The van der Waals surface area contributed by atoms with E-state index in [4.69, 9.17) is 0 Å². The van der Waals surface area contributed by atoms with Crippen LogP contribution in [0, 0.1) is 16.0 Å². The van der Waals surface area contributed by atoms with Crippen LogP contribution >= 0.6 is 0 Å². The van der Waals surface area contributed by atoms with Crippen LogP contribution in [0.2, 0.25) is 0 Å². The third-order valence-electron chi connectivity index (χ3n) is 3.30. The Morgan fingerprint density at radius 1 is 1.53 bits per heavy atom. The normalized spacial score (nSPS) is 14.0. The van der Waals surface area contributed by atoms with E-state index in [2.05, 4.69) is 5.32 Å². The van der Waals surface area contributed by atoms with E-state index in [9.17, 15) is 14.9 Å². The van der Waals surface area contributed by atoms with Crippen LogP contribution in [-0.4, -0.2) is 36.4 Å². The lowest BCUT2D eigenvalue weighted by Gasteiger charge is -2.18. The van der Waals surface area contributed by atoms with Gasteiger partial charge in [0.1, 0.15) is 5.69 Å². The fraction of sp³-hybridized carbons (Fsp3) is 0.462. The molecule has 0 bridgehead atoms. The molecule has 0 saturated heterocycles. The minimum absolute atomic E-state index is 0.0758. The summed E-state index contributed by atoms with van der Waals surface area (Å²) in [6, 6.07) is 4.55. The van der Waals surface area contributed by atoms with E-state index < -0.39 is 4.92 Å². The number of carbonyl (C=O) groups excluding carboxylic acids is 1. The van der Waals surface area contributed by atoms with Crippen LogP contribution in [0.5, 0.6) is 0 Å². The molecule has 1 aromatic carbocycles. The van der Waals surface area contributed by atoms with Gasteiger partial charge in [-0.05, 0) is 24.8 Å². The van der Waals surface area contributed by atoms with E-state index in [0.717, 1.165) is 12.8 Å². The molecule has 1 aliphatic rings. The van der Waals surface area contributed by atoms with Crippen LogP contribution in [0.25, 0.3) is 0 Å². The number of amides is 1. The smallest absolute Gasteiger partial charge is 0.293 e. The minimum Gasteiger partial charge on any atom is -0.382 e. The van der Waals surface area contributed by atoms with Crippen LogP contribution < -0.4 is 5.32 Å². The van der Waals surface area contributed by atoms with Gasteiger partial charge in [0, 0.05) is 26.7 Å². The Labute approximate surface area is 111 Å². The van der Waals surface area contributed by atoms with Crippen molar-refractivity contribution in [3.63, 3.8) is 0 Å². The second-order valence-corrected chi connectivity index (χ2v) is 4.84. The van der Waals surface area contributed by atoms with Gasteiger partial charge >= 0.3 is 0 Å². The molecule has 1 aromatic rings. The third-order valence-corrected chi connectivity index (χ3v) is 3.30. The monoisotopic (exact) mass is 263 g/mol. The lowest BCUT2D eigenvalue weighted by Crippen LogP contribution is -2.29. The summed E-state index contributed by atoms with van der Waals surface area (Å²) in [5.74, 6) is 0.408. The Morgan fingerprint density at radius 2 is 2.21 bits per heavy atom. The summed E-state index contributed by atoms with van der Waals surface area (Å²) < 4.78 is 0. The standard InChI is InChI=1S/C13H17N3O3/c1-14-12-10(4-3-5-11(12)16(18)19)13(17)15(2)8-9-6-7-9/h3-5,9,14H,6-8H2,1-2H3. The Bertz CT molecular complexity index is 512. The van der Waals surface area contributed by atoms with Crippen LogP contribution in [0.1, 0.15) is 23.2 Å². The molecule has 1 amide bonds. The van der Waals surface area contributed by atoms with Crippen LogP contribution in [0.3, 0.4) is 0 Å². The zero-order valence-corrected chi connectivity index (χ0v) is 11.0. The Balaban J connectivity index is 2.29. The highest BCUT2D eigenvalue weighted by molar-refractivity contribution is 6.01. The summed E-state index contributed by atoms with van der Waals surface area (Å²) >= 11 is 0. The average Bonchev–Trinajstić information content (AvgIpc) is 3.20. The second-order valence-electron chi connectivity index (χ2n) is 4.84. The molecule has 0 atom stereocenters. The van der Waals surface area contributed by atoms with Gasteiger partial charge in [-0.25, -0.2) is 0 Å². The maximum absolute atomic E-state index is 12.3. The SMILES string of the molecule is CNc1c(C(=O)N(C)CC2CC2)cccc1[N+](=O)[O-]. The Kier molecular flexibility index (Phi) is 3.69. The van der Waals surface area contributed by atoms with Gasteiger partial charge in [-0.1, -0.05) is 6.07 Å². The van der Waals surface area contributed by atoms with Gasteiger partial charge in [0.2, 0.25) is 0 Å². The number of nitro groups is 1. The summed E-state index contributed by atoms with van der Waals surface area (Å²) in [6.45, 7) is 0.713. The number of rotatable bonds is 5. The van der Waals surface area contributed by atoms with Crippen LogP contribution in [-0.2, 0) is 0 Å². The molecule has 1 fully saturated rings. The van der Waals surface area contributed by atoms with Crippen molar-refractivity contribution in [2.75, 3.05) is 26.0 Å². The highest BCUT2D eigenvalue weighted by Crippen LogP contribution is 2.32. The van der Waals surface area contributed by atoms with Crippen molar-refractivity contribution in [1.82, 2.24) is 4.90 Å². The summed E-state index contributed by atoms with van der Waals surface area (Å²) in [6.07, 6.45) is 2.32. The first-order valence-electron chi connectivity index (χ1n) is 6.25. The largest absolute Gasteiger partial charge is 0.382 e. The molecule has 6 nitrogen and oxygen atoms in total. The van der Waals surface area contributed by atoms with Gasteiger partial charge in [-0.15, -0.1) is 0 Å². The predicted molar refractivity (Wildman–Crippen MR) is 72.3 cm³/mol. The molecule has 1 aliphatic carbocycles. The summed E-state index contributed by atoms with van der Waals surface area (Å²) in [4.78, 5) is 24.4. The van der Waals surface area contributed by atoms with Gasteiger partial charge < -0.3 is 10.2 Å². The van der Waals surface area contributed by atoms with Crippen molar-refractivity contribution in [2.24, 2.45) is 5.92 Å². The average molecular weight is 263 g/mol. The highest BCUT2D eigenvalue weighted by Gasteiger charge is 2.27. The minimum atomic E-state index is -0.483. The molecular weight excluding hydrogens is 246 g/mol. The van der Waals surface area contributed by atoms with Crippen molar-refractivity contribution in [3.8, 4) is 0 Å². The van der Waals surface area contributed by atoms with Crippen molar-refractivity contribution in [2.45, 2.75) is 12.8 Å². The van der Waals surface area contributed by atoms with E-state index in [0.29, 0.717) is 18.0 Å². The number of nitro benzene ring substituents is 1. The molecule has 1 saturated carbocycles. The van der Waals surface area contributed by atoms with Crippen molar-refractivity contribution >= 4 is 17.3 Å². The lowest BCUT2D eigenvalue weighted by atomic mass is 10.1.